The molecule has 0 aliphatic carbocycles. The Morgan fingerprint density at radius 2 is 1.94 bits per heavy atom. The monoisotopic (exact) mass is 265 g/mol. The fourth-order valence-electron chi connectivity index (χ4n) is 1.34. The number of anilines is 2. The van der Waals surface area contributed by atoms with E-state index in [1.165, 1.54) is 12.3 Å². The van der Waals surface area contributed by atoms with E-state index in [-0.39, 0.29) is 5.69 Å². The smallest absolute Gasteiger partial charge is 0.308 e. The maximum atomic E-state index is 12.8. The summed E-state index contributed by atoms with van der Waals surface area (Å²) in [5.41, 5.74) is 0.818. The summed E-state index contributed by atoms with van der Waals surface area (Å²) in [6.45, 7) is 0. The van der Waals surface area contributed by atoms with Crippen LogP contribution in [0.5, 0.6) is 0 Å². The van der Waals surface area contributed by atoms with Gasteiger partial charge in [0.05, 0.1) is 18.1 Å². The largest absolute Gasteiger partial charge is 0.323 e. The molecule has 1 heterocycles. The van der Waals surface area contributed by atoms with E-state index >= 15 is 0 Å². The fourth-order valence-corrected chi connectivity index (χ4v) is 1.53. The van der Waals surface area contributed by atoms with Crippen molar-refractivity contribution in [2.45, 2.75) is 0 Å². The van der Waals surface area contributed by atoms with E-state index < -0.39 is 11.8 Å². The third-order valence-electron chi connectivity index (χ3n) is 2.05. The number of carbonyl (C=O) groups is 1. The molecule has 1 aromatic heterocycles. The fraction of sp³-hybridized carbons (Fsp3) is 0. The summed E-state index contributed by atoms with van der Waals surface area (Å²) in [6.07, 6.45) is 2.40. The molecular formula is C12H9ClFN3O. The molecule has 0 fully saturated rings. The van der Waals surface area contributed by atoms with E-state index in [0.29, 0.717) is 10.7 Å². The first-order valence-corrected chi connectivity index (χ1v) is 5.45. The second kappa shape index (κ2) is 5.46. The van der Waals surface area contributed by atoms with Gasteiger partial charge in [0.25, 0.3) is 0 Å². The van der Waals surface area contributed by atoms with Crippen LogP contribution in [0, 0.1) is 5.82 Å². The molecule has 0 aliphatic heterocycles. The predicted octanol–water partition coefficient (Wildman–Crippen LogP) is 3.52. The first-order valence-electron chi connectivity index (χ1n) is 5.07. The highest BCUT2D eigenvalue weighted by atomic mass is 35.5. The van der Waals surface area contributed by atoms with Crippen LogP contribution in [0.15, 0.2) is 42.7 Å². The molecule has 2 amide bonds. The lowest BCUT2D eigenvalue weighted by atomic mass is 10.3. The zero-order chi connectivity index (χ0) is 13.0. The number of amides is 2. The number of pyridine rings is 1. The molecule has 0 saturated heterocycles. The van der Waals surface area contributed by atoms with Crippen molar-refractivity contribution in [3.8, 4) is 0 Å². The summed E-state index contributed by atoms with van der Waals surface area (Å²) >= 11 is 5.78. The second-order valence-corrected chi connectivity index (χ2v) is 3.92. The van der Waals surface area contributed by atoms with E-state index in [1.54, 1.807) is 24.3 Å². The van der Waals surface area contributed by atoms with E-state index in [2.05, 4.69) is 15.6 Å². The lowest BCUT2D eigenvalue weighted by Crippen LogP contribution is -2.19. The van der Waals surface area contributed by atoms with Gasteiger partial charge in [0.2, 0.25) is 0 Å². The zero-order valence-corrected chi connectivity index (χ0v) is 9.91. The van der Waals surface area contributed by atoms with Crippen molar-refractivity contribution in [3.63, 3.8) is 0 Å². The lowest BCUT2D eigenvalue weighted by molar-refractivity contribution is 0.262. The van der Waals surface area contributed by atoms with Crippen LogP contribution in [0.1, 0.15) is 0 Å². The Balaban J connectivity index is 2.01. The maximum Gasteiger partial charge on any atom is 0.323 e. The normalized spacial score (nSPS) is 9.89. The quantitative estimate of drug-likeness (QED) is 0.873. The van der Waals surface area contributed by atoms with Crippen LogP contribution in [0.25, 0.3) is 0 Å². The Kier molecular flexibility index (Phi) is 3.74. The second-order valence-electron chi connectivity index (χ2n) is 3.48. The van der Waals surface area contributed by atoms with Crippen LogP contribution in [0.4, 0.5) is 20.6 Å². The van der Waals surface area contributed by atoms with Gasteiger partial charge in [0, 0.05) is 16.8 Å². The molecule has 0 unspecified atom stereocenters. The maximum absolute atomic E-state index is 12.8. The van der Waals surface area contributed by atoms with Crippen LogP contribution in [0.3, 0.4) is 0 Å². The minimum atomic E-state index is -0.518. The standard InChI is InChI=1S/C12H9ClFN3O/c13-8-2-1-3-10(4-8)16-12(18)17-11-5-9(14)6-15-7-11/h1-7H,(H2,16,17,18). The molecule has 6 heteroatoms. The summed E-state index contributed by atoms with van der Waals surface area (Å²) in [5.74, 6) is -0.518. The molecule has 1 aromatic carbocycles. The van der Waals surface area contributed by atoms with Crippen molar-refractivity contribution >= 4 is 29.0 Å². The van der Waals surface area contributed by atoms with Crippen LogP contribution in [0.2, 0.25) is 5.02 Å². The van der Waals surface area contributed by atoms with Gasteiger partial charge in [-0.25, -0.2) is 9.18 Å². The molecule has 0 aliphatic rings. The minimum absolute atomic E-state index is 0.273. The lowest BCUT2D eigenvalue weighted by Gasteiger charge is -2.07. The number of hydrogen-bond donors (Lipinski definition) is 2. The number of benzene rings is 1. The Hall–Kier alpha value is -2.14. The summed E-state index contributed by atoms with van der Waals surface area (Å²) in [7, 11) is 0. The van der Waals surface area contributed by atoms with Crippen molar-refractivity contribution in [2.24, 2.45) is 0 Å². The number of halogens is 2. The highest BCUT2D eigenvalue weighted by Gasteiger charge is 2.03. The van der Waals surface area contributed by atoms with Crippen molar-refractivity contribution < 1.29 is 9.18 Å². The SMILES string of the molecule is O=C(Nc1cncc(F)c1)Nc1cccc(Cl)c1. The van der Waals surface area contributed by atoms with Gasteiger partial charge in [-0.15, -0.1) is 0 Å². The Bertz CT molecular complexity index is 527. The zero-order valence-electron chi connectivity index (χ0n) is 9.15. The van der Waals surface area contributed by atoms with Gasteiger partial charge in [0.15, 0.2) is 0 Å². The average molecular weight is 266 g/mol. The van der Waals surface area contributed by atoms with Crippen LogP contribution < -0.4 is 10.6 Å². The predicted molar refractivity (Wildman–Crippen MR) is 68.3 cm³/mol. The van der Waals surface area contributed by atoms with E-state index in [1.807, 2.05) is 0 Å². The highest BCUT2D eigenvalue weighted by molar-refractivity contribution is 6.30. The van der Waals surface area contributed by atoms with E-state index in [0.717, 1.165) is 6.20 Å². The minimum Gasteiger partial charge on any atom is -0.308 e. The summed E-state index contributed by atoms with van der Waals surface area (Å²) < 4.78 is 12.8. The molecule has 0 atom stereocenters. The molecule has 2 N–H and O–H groups in total. The van der Waals surface area contributed by atoms with Gasteiger partial charge in [-0.05, 0) is 18.2 Å². The van der Waals surface area contributed by atoms with Crippen molar-refractivity contribution in [3.05, 3.63) is 53.6 Å². The van der Waals surface area contributed by atoms with Gasteiger partial charge < -0.3 is 10.6 Å². The van der Waals surface area contributed by atoms with Crippen molar-refractivity contribution in [1.29, 1.82) is 0 Å². The molecule has 4 nitrogen and oxygen atoms in total. The molecule has 0 radical (unpaired) electrons. The third-order valence-corrected chi connectivity index (χ3v) is 2.28. The van der Waals surface area contributed by atoms with Gasteiger partial charge in [-0.2, -0.15) is 0 Å². The molecule has 18 heavy (non-hydrogen) atoms. The first-order chi connectivity index (χ1) is 8.63. The van der Waals surface area contributed by atoms with Crippen LogP contribution in [-0.4, -0.2) is 11.0 Å². The number of hydrogen-bond acceptors (Lipinski definition) is 2. The van der Waals surface area contributed by atoms with E-state index in [9.17, 15) is 9.18 Å². The molecule has 92 valence electrons. The highest BCUT2D eigenvalue weighted by Crippen LogP contribution is 2.15. The van der Waals surface area contributed by atoms with Gasteiger partial charge >= 0.3 is 6.03 Å². The van der Waals surface area contributed by atoms with Gasteiger partial charge in [-0.3, -0.25) is 4.98 Å². The molecule has 0 bridgehead atoms. The molecule has 0 saturated carbocycles. The Labute approximate surface area is 108 Å². The van der Waals surface area contributed by atoms with Crippen molar-refractivity contribution in [2.75, 3.05) is 10.6 Å². The summed E-state index contributed by atoms with van der Waals surface area (Å²) in [4.78, 5) is 15.2. The molecular weight excluding hydrogens is 257 g/mol. The Morgan fingerprint density at radius 3 is 2.67 bits per heavy atom. The molecule has 2 rings (SSSR count). The summed E-state index contributed by atoms with van der Waals surface area (Å²) in [5, 5.41) is 5.54. The topological polar surface area (TPSA) is 54.0 Å². The number of urea groups is 1. The van der Waals surface area contributed by atoms with Gasteiger partial charge in [0.1, 0.15) is 5.82 Å². The Morgan fingerprint density at radius 1 is 1.17 bits per heavy atom. The van der Waals surface area contributed by atoms with Crippen LogP contribution >= 0.6 is 11.6 Å². The number of aromatic nitrogens is 1. The van der Waals surface area contributed by atoms with E-state index in [4.69, 9.17) is 11.6 Å². The number of nitrogens with one attached hydrogen (secondary N) is 2. The molecule has 0 spiro atoms. The third kappa shape index (κ3) is 3.43. The number of rotatable bonds is 2. The van der Waals surface area contributed by atoms with Crippen LogP contribution in [-0.2, 0) is 0 Å². The molecule has 2 aromatic rings. The summed E-state index contributed by atoms with van der Waals surface area (Å²) in [6, 6.07) is 7.37. The number of nitrogens with zero attached hydrogens (tertiary/aromatic N) is 1. The average Bonchev–Trinajstić information content (AvgIpc) is 2.28. The first kappa shape index (κ1) is 12.3. The van der Waals surface area contributed by atoms with Gasteiger partial charge in [-0.1, -0.05) is 17.7 Å². The van der Waals surface area contributed by atoms with Crippen molar-refractivity contribution in [1.82, 2.24) is 4.98 Å². The number of carbonyl (C=O) groups excluding carboxylic acids is 1.